The SMILES string of the molecule is COc1cccc(-c2nc3ccc(OCCN4CCCCC4)cc3c(=O)n2CC(=O)NC(C)C)c1. The summed E-state index contributed by atoms with van der Waals surface area (Å²) in [4.78, 5) is 33.4. The summed E-state index contributed by atoms with van der Waals surface area (Å²) in [7, 11) is 1.59. The molecule has 0 saturated carbocycles. The third kappa shape index (κ3) is 6.19. The molecule has 3 aromatic rings. The first kappa shape index (κ1) is 24.7. The largest absolute Gasteiger partial charge is 0.497 e. The fourth-order valence-electron chi connectivity index (χ4n) is 4.41. The molecule has 4 rings (SSSR count). The Kier molecular flexibility index (Phi) is 8.02. The van der Waals surface area contributed by atoms with Gasteiger partial charge in [-0.25, -0.2) is 4.98 Å². The Bertz CT molecular complexity index is 1230. The van der Waals surface area contributed by atoms with Gasteiger partial charge in [-0.1, -0.05) is 18.6 Å². The van der Waals surface area contributed by atoms with Crippen molar-refractivity contribution in [3.63, 3.8) is 0 Å². The molecule has 0 bridgehead atoms. The molecule has 1 aromatic heterocycles. The number of carbonyl (C=O) groups excluding carboxylic acids is 1. The van der Waals surface area contributed by atoms with Crippen LogP contribution in [0.1, 0.15) is 33.1 Å². The lowest BCUT2D eigenvalue weighted by Gasteiger charge is -2.26. The predicted octanol–water partition coefficient (Wildman–Crippen LogP) is 3.46. The molecule has 0 atom stereocenters. The van der Waals surface area contributed by atoms with Crippen molar-refractivity contribution >= 4 is 16.8 Å². The van der Waals surface area contributed by atoms with Crippen molar-refractivity contribution in [1.29, 1.82) is 0 Å². The van der Waals surface area contributed by atoms with Gasteiger partial charge in [-0.05, 0) is 70.1 Å². The van der Waals surface area contributed by atoms with Gasteiger partial charge < -0.3 is 14.8 Å². The number of hydrogen-bond acceptors (Lipinski definition) is 6. The van der Waals surface area contributed by atoms with Crippen LogP contribution in [0.4, 0.5) is 0 Å². The number of aromatic nitrogens is 2. The minimum atomic E-state index is -0.284. The molecule has 1 aliphatic heterocycles. The average Bonchev–Trinajstić information content (AvgIpc) is 2.86. The Hall–Kier alpha value is -3.39. The summed E-state index contributed by atoms with van der Waals surface area (Å²) < 4.78 is 12.8. The molecule has 0 radical (unpaired) electrons. The first-order valence-electron chi connectivity index (χ1n) is 12.3. The number of nitrogens with one attached hydrogen (secondary N) is 1. The van der Waals surface area contributed by atoms with E-state index in [4.69, 9.17) is 14.5 Å². The van der Waals surface area contributed by atoms with Gasteiger partial charge in [0.15, 0.2) is 0 Å². The summed E-state index contributed by atoms with van der Waals surface area (Å²) in [6.45, 7) is 7.29. The van der Waals surface area contributed by atoms with Crippen LogP contribution in [0.5, 0.6) is 11.5 Å². The van der Waals surface area contributed by atoms with Crippen molar-refractivity contribution in [2.45, 2.75) is 45.7 Å². The molecule has 0 unspecified atom stereocenters. The first-order valence-corrected chi connectivity index (χ1v) is 12.3. The lowest BCUT2D eigenvalue weighted by Crippen LogP contribution is -2.37. The maximum atomic E-state index is 13.6. The topological polar surface area (TPSA) is 85.7 Å². The van der Waals surface area contributed by atoms with Gasteiger partial charge in [0, 0.05) is 18.2 Å². The molecule has 1 amide bonds. The number of likely N-dealkylation sites (tertiary alicyclic amines) is 1. The van der Waals surface area contributed by atoms with Crippen molar-refractivity contribution < 1.29 is 14.3 Å². The second kappa shape index (κ2) is 11.4. The van der Waals surface area contributed by atoms with E-state index in [1.807, 2.05) is 44.2 Å². The second-order valence-corrected chi connectivity index (χ2v) is 9.21. The minimum absolute atomic E-state index is 0.0354. The standard InChI is InChI=1S/C27H34N4O4/c1-19(2)28-25(32)18-31-26(20-8-7-9-21(16-20)34-3)29-24-11-10-22(17-23(24)27(31)33)35-15-14-30-12-5-4-6-13-30/h7-11,16-17,19H,4-6,12-15,18H2,1-3H3,(H,28,32). The summed E-state index contributed by atoms with van der Waals surface area (Å²) >= 11 is 0. The summed E-state index contributed by atoms with van der Waals surface area (Å²) in [5.74, 6) is 1.44. The molecular formula is C27H34N4O4. The number of amides is 1. The zero-order valence-electron chi connectivity index (χ0n) is 20.8. The summed E-state index contributed by atoms with van der Waals surface area (Å²) in [6.07, 6.45) is 3.77. The molecule has 35 heavy (non-hydrogen) atoms. The Balaban J connectivity index is 1.67. The molecule has 1 fully saturated rings. The number of methoxy groups -OCH3 is 1. The number of rotatable bonds is 9. The van der Waals surface area contributed by atoms with E-state index in [2.05, 4.69) is 10.2 Å². The summed E-state index contributed by atoms with van der Waals surface area (Å²) in [5, 5.41) is 3.28. The zero-order chi connectivity index (χ0) is 24.8. The van der Waals surface area contributed by atoms with Gasteiger partial charge in [0.1, 0.15) is 30.5 Å². The van der Waals surface area contributed by atoms with E-state index in [1.54, 1.807) is 19.2 Å². The van der Waals surface area contributed by atoms with E-state index in [0.717, 1.165) is 19.6 Å². The second-order valence-electron chi connectivity index (χ2n) is 9.21. The highest BCUT2D eigenvalue weighted by molar-refractivity contribution is 5.83. The van der Waals surface area contributed by atoms with E-state index < -0.39 is 0 Å². The van der Waals surface area contributed by atoms with E-state index >= 15 is 0 Å². The number of carbonyl (C=O) groups is 1. The molecule has 186 valence electrons. The predicted molar refractivity (Wildman–Crippen MR) is 137 cm³/mol. The molecule has 0 spiro atoms. The fourth-order valence-corrected chi connectivity index (χ4v) is 4.41. The number of fused-ring (bicyclic) bond motifs is 1. The van der Waals surface area contributed by atoms with E-state index in [1.165, 1.54) is 23.8 Å². The highest BCUT2D eigenvalue weighted by Crippen LogP contribution is 2.25. The monoisotopic (exact) mass is 478 g/mol. The number of hydrogen-bond donors (Lipinski definition) is 1. The van der Waals surface area contributed by atoms with Gasteiger partial charge in [0.25, 0.3) is 5.56 Å². The average molecular weight is 479 g/mol. The molecule has 2 heterocycles. The van der Waals surface area contributed by atoms with Gasteiger partial charge >= 0.3 is 0 Å². The van der Waals surface area contributed by atoms with Crippen LogP contribution in [0.2, 0.25) is 0 Å². The van der Waals surface area contributed by atoms with Crippen LogP contribution in [0, 0.1) is 0 Å². The van der Waals surface area contributed by atoms with Crippen molar-refractivity contribution in [3.05, 3.63) is 52.8 Å². The Morgan fingerprint density at radius 3 is 2.63 bits per heavy atom. The van der Waals surface area contributed by atoms with Crippen LogP contribution in [0.3, 0.4) is 0 Å². The van der Waals surface area contributed by atoms with Crippen LogP contribution < -0.4 is 20.3 Å². The Morgan fingerprint density at radius 1 is 1.09 bits per heavy atom. The Morgan fingerprint density at radius 2 is 1.89 bits per heavy atom. The maximum Gasteiger partial charge on any atom is 0.262 e. The molecule has 8 heteroatoms. The van der Waals surface area contributed by atoms with E-state index in [0.29, 0.717) is 40.4 Å². The van der Waals surface area contributed by atoms with Gasteiger partial charge in [-0.15, -0.1) is 0 Å². The van der Waals surface area contributed by atoms with Crippen molar-refractivity contribution in [3.8, 4) is 22.9 Å². The van der Waals surface area contributed by atoms with Crippen LogP contribution in [-0.2, 0) is 11.3 Å². The number of nitrogens with zero attached hydrogens (tertiary/aromatic N) is 3. The van der Waals surface area contributed by atoms with Gasteiger partial charge in [-0.3, -0.25) is 19.1 Å². The molecular weight excluding hydrogens is 444 g/mol. The normalized spacial score (nSPS) is 14.3. The quantitative estimate of drug-likeness (QED) is 0.507. The van der Waals surface area contributed by atoms with Crippen LogP contribution in [0.15, 0.2) is 47.3 Å². The van der Waals surface area contributed by atoms with E-state index in [-0.39, 0.29) is 24.1 Å². The van der Waals surface area contributed by atoms with Gasteiger partial charge in [0.2, 0.25) is 5.91 Å². The highest BCUT2D eigenvalue weighted by atomic mass is 16.5. The van der Waals surface area contributed by atoms with Gasteiger partial charge in [-0.2, -0.15) is 0 Å². The van der Waals surface area contributed by atoms with Gasteiger partial charge in [0.05, 0.1) is 18.0 Å². The summed E-state index contributed by atoms with van der Waals surface area (Å²) in [6, 6.07) is 12.7. The lowest BCUT2D eigenvalue weighted by atomic mass is 10.1. The third-order valence-electron chi connectivity index (χ3n) is 6.13. The number of benzene rings is 2. The van der Waals surface area contributed by atoms with Crippen LogP contribution in [0.25, 0.3) is 22.3 Å². The molecule has 1 aliphatic rings. The molecule has 1 saturated heterocycles. The van der Waals surface area contributed by atoms with E-state index in [9.17, 15) is 9.59 Å². The molecule has 1 N–H and O–H groups in total. The lowest BCUT2D eigenvalue weighted by molar-refractivity contribution is -0.122. The summed E-state index contributed by atoms with van der Waals surface area (Å²) in [5.41, 5.74) is 0.965. The fraction of sp³-hybridized carbons (Fsp3) is 0.444. The van der Waals surface area contributed by atoms with Crippen molar-refractivity contribution in [2.75, 3.05) is 33.4 Å². The molecule has 0 aliphatic carbocycles. The smallest absolute Gasteiger partial charge is 0.262 e. The number of ether oxygens (including phenoxy) is 2. The third-order valence-corrected chi connectivity index (χ3v) is 6.13. The molecule has 8 nitrogen and oxygen atoms in total. The first-order chi connectivity index (χ1) is 16.9. The van der Waals surface area contributed by atoms with Crippen LogP contribution in [-0.4, -0.2) is 59.8 Å². The van der Waals surface area contributed by atoms with Crippen LogP contribution >= 0.6 is 0 Å². The Labute approximate surface area is 205 Å². The van der Waals surface area contributed by atoms with Crippen molar-refractivity contribution in [1.82, 2.24) is 19.8 Å². The minimum Gasteiger partial charge on any atom is -0.497 e. The molecule has 2 aromatic carbocycles. The maximum absolute atomic E-state index is 13.6. The zero-order valence-corrected chi connectivity index (χ0v) is 20.8. The highest BCUT2D eigenvalue weighted by Gasteiger charge is 2.17. The number of piperidine rings is 1. The van der Waals surface area contributed by atoms with Crippen molar-refractivity contribution in [2.24, 2.45) is 0 Å².